The lowest BCUT2D eigenvalue weighted by atomic mass is 10.1. The van der Waals surface area contributed by atoms with Gasteiger partial charge in [0.05, 0.1) is 11.8 Å². The van der Waals surface area contributed by atoms with Gasteiger partial charge in [0.15, 0.2) is 0 Å². The van der Waals surface area contributed by atoms with Gasteiger partial charge in [-0.15, -0.1) is 0 Å². The molecule has 32 heavy (non-hydrogen) atoms. The molecule has 0 bridgehead atoms. The van der Waals surface area contributed by atoms with E-state index in [4.69, 9.17) is 5.73 Å². The van der Waals surface area contributed by atoms with Gasteiger partial charge in [-0.25, -0.2) is 9.37 Å². The van der Waals surface area contributed by atoms with E-state index in [-0.39, 0.29) is 17.9 Å². The van der Waals surface area contributed by atoms with Crippen molar-refractivity contribution in [1.29, 1.82) is 0 Å². The monoisotopic (exact) mass is 426 g/mol. The minimum atomic E-state index is -0.557. The van der Waals surface area contributed by atoms with Crippen molar-refractivity contribution in [3.05, 3.63) is 95.5 Å². The number of benzene rings is 1. The Morgan fingerprint density at radius 1 is 1.16 bits per heavy atom. The van der Waals surface area contributed by atoms with E-state index in [0.717, 1.165) is 16.7 Å². The van der Waals surface area contributed by atoms with Crippen LogP contribution in [0.1, 0.15) is 27.0 Å². The first-order chi connectivity index (χ1) is 15.5. The molecule has 0 radical (unpaired) electrons. The van der Waals surface area contributed by atoms with Gasteiger partial charge >= 0.3 is 0 Å². The Bertz CT molecular complexity index is 1340. The molecule has 4 aromatic rings. The van der Waals surface area contributed by atoms with Crippen LogP contribution in [-0.2, 0) is 13.6 Å². The third kappa shape index (κ3) is 4.96. The first-order valence-electron chi connectivity index (χ1n) is 9.72. The van der Waals surface area contributed by atoms with Gasteiger partial charge in [0, 0.05) is 60.6 Å². The van der Waals surface area contributed by atoms with Crippen LogP contribution in [0.5, 0.6) is 0 Å². The number of nitrogens with zero attached hydrogens (tertiary/aromatic N) is 4. The molecule has 3 N–H and O–H groups in total. The molecule has 158 valence electrons. The van der Waals surface area contributed by atoms with Crippen molar-refractivity contribution in [2.24, 2.45) is 7.05 Å². The number of nitrogens with one attached hydrogen (secondary N) is 1. The van der Waals surface area contributed by atoms with Crippen LogP contribution in [0.3, 0.4) is 0 Å². The zero-order valence-electron chi connectivity index (χ0n) is 17.2. The van der Waals surface area contributed by atoms with E-state index in [0.29, 0.717) is 11.1 Å². The fraction of sp³-hybridized carbons (Fsp3) is 0.0833. The van der Waals surface area contributed by atoms with Crippen molar-refractivity contribution in [2.45, 2.75) is 6.54 Å². The number of halogens is 1. The predicted molar refractivity (Wildman–Crippen MR) is 119 cm³/mol. The van der Waals surface area contributed by atoms with Crippen LogP contribution < -0.4 is 11.1 Å². The maximum atomic E-state index is 14.1. The number of nitrogen functional groups attached to an aromatic ring is 1. The predicted octanol–water partition coefficient (Wildman–Crippen LogP) is 2.93. The summed E-state index contributed by atoms with van der Waals surface area (Å²) in [6, 6.07) is 9.38. The maximum Gasteiger partial charge on any atom is 0.251 e. The fourth-order valence-electron chi connectivity index (χ4n) is 3.02. The number of nitrogens with two attached hydrogens (primary N) is 1. The van der Waals surface area contributed by atoms with Crippen LogP contribution in [0.4, 0.5) is 10.2 Å². The van der Waals surface area contributed by atoms with Gasteiger partial charge in [0.2, 0.25) is 0 Å². The molecule has 0 saturated carbocycles. The number of carbonyl (C=O) groups is 1. The average Bonchev–Trinajstić information content (AvgIpc) is 3.23. The van der Waals surface area contributed by atoms with Crippen molar-refractivity contribution in [3.8, 4) is 23.0 Å². The Hall–Kier alpha value is -4.51. The van der Waals surface area contributed by atoms with Crippen LogP contribution in [0.15, 0.2) is 67.4 Å². The quantitative estimate of drug-likeness (QED) is 0.489. The number of amides is 1. The summed E-state index contributed by atoms with van der Waals surface area (Å²) in [5, 5.41) is 6.90. The summed E-state index contributed by atoms with van der Waals surface area (Å²) in [4.78, 5) is 20.7. The van der Waals surface area contributed by atoms with E-state index < -0.39 is 11.7 Å². The number of pyridine rings is 2. The molecule has 3 heterocycles. The number of hydrogen-bond acceptors (Lipinski definition) is 5. The lowest BCUT2D eigenvalue weighted by Crippen LogP contribution is -2.23. The summed E-state index contributed by atoms with van der Waals surface area (Å²) >= 11 is 0. The van der Waals surface area contributed by atoms with Crippen LogP contribution in [0.25, 0.3) is 11.1 Å². The second-order valence-corrected chi connectivity index (χ2v) is 7.08. The summed E-state index contributed by atoms with van der Waals surface area (Å²) in [6.07, 6.45) is 8.52. The Morgan fingerprint density at radius 2 is 2.03 bits per heavy atom. The van der Waals surface area contributed by atoms with Crippen molar-refractivity contribution in [1.82, 2.24) is 25.1 Å². The molecule has 4 rings (SSSR count). The van der Waals surface area contributed by atoms with Crippen molar-refractivity contribution >= 4 is 11.7 Å². The molecule has 1 amide bonds. The van der Waals surface area contributed by atoms with Gasteiger partial charge in [0.25, 0.3) is 5.91 Å². The van der Waals surface area contributed by atoms with Gasteiger partial charge in [-0.1, -0.05) is 17.9 Å². The minimum Gasteiger partial charge on any atom is -0.383 e. The van der Waals surface area contributed by atoms with E-state index in [9.17, 15) is 9.18 Å². The first kappa shape index (κ1) is 20.8. The van der Waals surface area contributed by atoms with Crippen molar-refractivity contribution in [2.75, 3.05) is 5.73 Å². The van der Waals surface area contributed by atoms with Crippen LogP contribution >= 0.6 is 0 Å². The van der Waals surface area contributed by atoms with E-state index in [2.05, 4.69) is 32.2 Å². The maximum absolute atomic E-state index is 14.1. The van der Waals surface area contributed by atoms with Gasteiger partial charge in [0.1, 0.15) is 11.6 Å². The second kappa shape index (κ2) is 9.10. The highest BCUT2D eigenvalue weighted by molar-refractivity contribution is 5.94. The summed E-state index contributed by atoms with van der Waals surface area (Å²) in [6.45, 7) is 0.285. The molecule has 0 aliphatic heterocycles. The van der Waals surface area contributed by atoms with Gasteiger partial charge in [-0.3, -0.25) is 14.5 Å². The Morgan fingerprint density at radius 3 is 2.78 bits per heavy atom. The zero-order chi connectivity index (χ0) is 22.5. The molecule has 0 aliphatic carbocycles. The number of hydrogen-bond donors (Lipinski definition) is 2. The number of rotatable bonds is 4. The molecule has 1 aromatic carbocycles. The standard InChI is InChI=1S/C24H19FN6O/c1-31-15-21(14-30-31)20-9-18(23(26)28-13-20)5-4-16-7-19(10-22(25)8-16)24(32)29-12-17-3-2-6-27-11-17/h2-3,6-11,13-15H,12H2,1H3,(H2,26,28)(H,29,32). The molecule has 8 heteroatoms. The van der Waals surface area contributed by atoms with Crippen LogP contribution in [0, 0.1) is 17.7 Å². The Labute approximate surface area is 184 Å². The molecule has 7 nitrogen and oxygen atoms in total. The SMILES string of the molecule is Cn1cc(-c2cnc(N)c(C#Cc3cc(F)cc(C(=O)NCc4cccnc4)c3)c2)cn1. The molecule has 0 unspecified atom stereocenters. The largest absolute Gasteiger partial charge is 0.383 e. The molecule has 0 saturated heterocycles. The first-order valence-corrected chi connectivity index (χ1v) is 9.72. The topological polar surface area (TPSA) is 98.7 Å². The lowest BCUT2D eigenvalue weighted by Gasteiger charge is -2.06. The number of carbonyl (C=O) groups excluding carboxylic acids is 1. The van der Waals surface area contributed by atoms with E-state index in [1.54, 1.807) is 41.6 Å². The minimum absolute atomic E-state index is 0.174. The molecule has 0 fully saturated rings. The summed E-state index contributed by atoms with van der Waals surface area (Å²) in [5.74, 6) is 5.10. The fourth-order valence-corrected chi connectivity index (χ4v) is 3.02. The number of aromatic nitrogens is 4. The Kier molecular flexibility index (Phi) is 5.90. The molecule has 0 aliphatic rings. The van der Waals surface area contributed by atoms with Gasteiger partial charge in [-0.2, -0.15) is 5.10 Å². The second-order valence-electron chi connectivity index (χ2n) is 7.08. The van der Waals surface area contributed by atoms with Crippen LogP contribution in [-0.4, -0.2) is 25.7 Å². The molecular formula is C24H19FN6O. The molecular weight excluding hydrogens is 407 g/mol. The van der Waals surface area contributed by atoms with E-state index in [1.807, 2.05) is 19.3 Å². The average molecular weight is 426 g/mol. The van der Waals surface area contributed by atoms with Gasteiger partial charge < -0.3 is 11.1 Å². The highest BCUT2D eigenvalue weighted by Crippen LogP contribution is 2.21. The summed E-state index contributed by atoms with van der Waals surface area (Å²) in [5.41, 5.74) is 9.51. The molecule has 0 atom stereocenters. The number of anilines is 1. The smallest absolute Gasteiger partial charge is 0.251 e. The number of aryl methyl sites for hydroxylation is 1. The van der Waals surface area contributed by atoms with Crippen molar-refractivity contribution < 1.29 is 9.18 Å². The lowest BCUT2D eigenvalue weighted by molar-refractivity contribution is 0.0950. The normalized spacial score (nSPS) is 10.3. The molecule has 3 aromatic heterocycles. The summed E-state index contributed by atoms with van der Waals surface area (Å²) < 4.78 is 15.8. The third-order valence-electron chi connectivity index (χ3n) is 4.63. The zero-order valence-corrected chi connectivity index (χ0v) is 17.2. The summed E-state index contributed by atoms with van der Waals surface area (Å²) in [7, 11) is 1.82. The van der Waals surface area contributed by atoms with Crippen LogP contribution in [0.2, 0.25) is 0 Å². The highest BCUT2D eigenvalue weighted by Gasteiger charge is 2.09. The Balaban J connectivity index is 1.56. The van der Waals surface area contributed by atoms with E-state index in [1.165, 1.54) is 18.2 Å². The van der Waals surface area contributed by atoms with E-state index >= 15 is 0 Å². The van der Waals surface area contributed by atoms with Gasteiger partial charge in [-0.05, 0) is 35.9 Å². The molecule has 0 spiro atoms. The third-order valence-corrected chi connectivity index (χ3v) is 4.63. The van der Waals surface area contributed by atoms with Crippen molar-refractivity contribution in [3.63, 3.8) is 0 Å². The highest BCUT2D eigenvalue weighted by atomic mass is 19.1.